The number of esters is 1. The standard InChI is InChI=1S/C24H17Cl2NO4/c1-29-22-13-15(9-10-21(22)30-14-16-5-4-6-17(25)11-16)12-20-24(28)31-23(27-20)18-7-2-3-8-19(18)26/h2-13H,14H2,1H3/b20-12-. The van der Waals surface area contributed by atoms with Crippen LogP contribution >= 0.6 is 23.2 Å². The Labute approximate surface area is 189 Å². The fourth-order valence-corrected chi connectivity index (χ4v) is 3.43. The molecule has 5 nitrogen and oxygen atoms in total. The first-order valence-corrected chi connectivity index (χ1v) is 10.1. The van der Waals surface area contributed by atoms with Crippen molar-refractivity contribution < 1.29 is 19.0 Å². The summed E-state index contributed by atoms with van der Waals surface area (Å²) in [4.78, 5) is 16.6. The average molecular weight is 454 g/mol. The van der Waals surface area contributed by atoms with Crippen molar-refractivity contribution in [1.29, 1.82) is 0 Å². The molecule has 0 fully saturated rings. The molecule has 0 saturated heterocycles. The van der Waals surface area contributed by atoms with Gasteiger partial charge in [-0.3, -0.25) is 0 Å². The van der Waals surface area contributed by atoms with Gasteiger partial charge in [-0.15, -0.1) is 0 Å². The maximum atomic E-state index is 12.3. The van der Waals surface area contributed by atoms with Crippen molar-refractivity contribution >= 4 is 41.1 Å². The van der Waals surface area contributed by atoms with E-state index in [4.69, 9.17) is 37.4 Å². The molecule has 1 aliphatic rings. The van der Waals surface area contributed by atoms with Gasteiger partial charge in [0.15, 0.2) is 17.2 Å². The van der Waals surface area contributed by atoms with Crippen molar-refractivity contribution in [1.82, 2.24) is 0 Å². The lowest BCUT2D eigenvalue weighted by atomic mass is 10.1. The van der Waals surface area contributed by atoms with Crippen LogP contribution < -0.4 is 9.47 Å². The molecule has 0 N–H and O–H groups in total. The van der Waals surface area contributed by atoms with Crippen LogP contribution in [0.25, 0.3) is 6.08 Å². The number of rotatable bonds is 6. The highest BCUT2D eigenvalue weighted by Gasteiger charge is 2.25. The van der Waals surface area contributed by atoms with Crippen molar-refractivity contribution in [2.75, 3.05) is 7.11 Å². The van der Waals surface area contributed by atoms with Crippen LogP contribution in [-0.2, 0) is 16.1 Å². The minimum absolute atomic E-state index is 0.171. The Bertz CT molecular complexity index is 1200. The minimum atomic E-state index is -0.546. The predicted octanol–water partition coefficient (Wildman–Crippen LogP) is 5.93. The van der Waals surface area contributed by atoms with Gasteiger partial charge in [0, 0.05) is 5.02 Å². The Morgan fingerprint density at radius 2 is 1.84 bits per heavy atom. The number of methoxy groups -OCH3 is 1. The third-order valence-electron chi connectivity index (χ3n) is 4.50. The number of carbonyl (C=O) groups excluding carboxylic acids is 1. The van der Waals surface area contributed by atoms with Gasteiger partial charge in [0.2, 0.25) is 5.90 Å². The van der Waals surface area contributed by atoms with Crippen LogP contribution in [0.4, 0.5) is 0 Å². The van der Waals surface area contributed by atoms with Crippen molar-refractivity contribution in [2.45, 2.75) is 6.61 Å². The molecular weight excluding hydrogens is 437 g/mol. The lowest BCUT2D eigenvalue weighted by Gasteiger charge is -2.11. The summed E-state index contributed by atoms with van der Waals surface area (Å²) < 4.78 is 16.6. The van der Waals surface area contributed by atoms with Crippen LogP contribution in [-0.4, -0.2) is 19.0 Å². The van der Waals surface area contributed by atoms with E-state index in [1.165, 1.54) is 0 Å². The van der Waals surface area contributed by atoms with Gasteiger partial charge in [0.1, 0.15) is 6.61 Å². The van der Waals surface area contributed by atoms with E-state index < -0.39 is 5.97 Å². The third-order valence-corrected chi connectivity index (χ3v) is 5.06. The Hall–Kier alpha value is -3.28. The van der Waals surface area contributed by atoms with Crippen LogP contribution in [0.2, 0.25) is 10.0 Å². The average Bonchev–Trinajstić information content (AvgIpc) is 3.13. The Morgan fingerprint density at radius 1 is 1.00 bits per heavy atom. The molecule has 0 radical (unpaired) electrons. The largest absolute Gasteiger partial charge is 0.493 e. The fraction of sp³-hybridized carbons (Fsp3) is 0.0833. The molecule has 4 rings (SSSR count). The summed E-state index contributed by atoms with van der Waals surface area (Å²) in [7, 11) is 1.55. The SMILES string of the molecule is COc1cc(/C=C2\N=C(c3ccccc3Cl)OC2=O)ccc1OCc1cccc(Cl)c1. The number of benzene rings is 3. The Balaban J connectivity index is 1.55. The predicted molar refractivity (Wildman–Crippen MR) is 121 cm³/mol. The number of aliphatic imine (C=N–C) groups is 1. The smallest absolute Gasteiger partial charge is 0.363 e. The number of ether oxygens (including phenoxy) is 3. The molecule has 0 aromatic heterocycles. The summed E-state index contributed by atoms with van der Waals surface area (Å²) >= 11 is 12.2. The van der Waals surface area contributed by atoms with E-state index in [2.05, 4.69) is 4.99 Å². The van der Waals surface area contributed by atoms with E-state index in [1.807, 2.05) is 24.3 Å². The zero-order chi connectivity index (χ0) is 21.8. The van der Waals surface area contributed by atoms with Gasteiger partial charge in [-0.2, -0.15) is 0 Å². The van der Waals surface area contributed by atoms with Crippen molar-refractivity contribution in [2.24, 2.45) is 4.99 Å². The maximum absolute atomic E-state index is 12.3. The van der Waals surface area contributed by atoms with Crippen molar-refractivity contribution in [3.63, 3.8) is 0 Å². The lowest BCUT2D eigenvalue weighted by Crippen LogP contribution is -2.05. The molecule has 7 heteroatoms. The maximum Gasteiger partial charge on any atom is 0.363 e. The number of carbonyl (C=O) groups is 1. The van der Waals surface area contributed by atoms with Gasteiger partial charge in [-0.05, 0) is 53.6 Å². The number of cyclic esters (lactones) is 1. The number of nitrogens with zero attached hydrogens (tertiary/aromatic N) is 1. The molecule has 3 aromatic carbocycles. The second-order valence-electron chi connectivity index (χ2n) is 6.64. The first-order chi connectivity index (χ1) is 15.0. The Morgan fingerprint density at radius 3 is 2.61 bits per heavy atom. The third kappa shape index (κ3) is 4.90. The molecule has 0 aliphatic carbocycles. The van der Waals surface area contributed by atoms with E-state index in [1.54, 1.807) is 55.7 Å². The summed E-state index contributed by atoms with van der Waals surface area (Å²) in [5.74, 6) is 0.724. The quantitative estimate of drug-likeness (QED) is 0.343. The van der Waals surface area contributed by atoms with E-state index in [-0.39, 0.29) is 11.6 Å². The summed E-state index contributed by atoms with van der Waals surface area (Å²) in [5.41, 5.74) is 2.38. The molecule has 156 valence electrons. The van der Waals surface area contributed by atoms with Crippen molar-refractivity contribution in [3.05, 3.63) is 99.2 Å². The van der Waals surface area contributed by atoms with Gasteiger partial charge in [-0.1, -0.05) is 53.5 Å². The molecule has 0 spiro atoms. The van der Waals surface area contributed by atoms with Gasteiger partial charge in [-0.25, -0.2) is 9.79 Å². The zero-order valence-electron chi connectivity index (χ0n) is 16.5. The zero-order valence-corrected chi connectivity index (χ0v) is 18.0. The molecule has 0 amide bonds. The first kappa shape index (κ1) is 21.0. The minimum Gasteiger partial charge on any atom is -0.493 e. The highest BCUT2D eigenvalue weighted by atomic mass is 35.5. The molecule has 31 heavy (non-hydrogen) atoms. The second-order valence-corrected chi connectivity index (χ2v) is 7.49. The molecule has 0 atom stereocenters. The van der Waals surface area contributed by atoms with E-state index in [9.17, 15) is 4.79 Å². The molecular formula is C24H17Cl2NO4. The topological polar surface area (TPSA) is 57.1 Å². The van der Waals surface area contributed by atoms with E-state index in [0.717, 1.165) is 5.56 Å². The normalized spacial score (nSPS) is 14.4. The van der Waals surface area contributed by atoms with Crippen LogP contribution in [0.5, 0.6) is 11.5 Å². The van der Waals surface area contributed by atoms with Crippen LogP contribution in [0.1, 0.15) is 16.7 Å². The molecule has 0 bridgehead atoms. The molecule has 1 heterocycles. The Kier molecular flexibility index (Phi) is 6.26. The van der Waals surface area contributed by atoms with Crippen molar-refractivity contribution in [3.8, 4) is 11.5 Å². The number of hydrogen-bond donors (Lipinski definition) is 0. The fourth-order valence-electron chi connectivity index (χ4n) is 3.00. The van der Waals surface area contributed by atoms with Gasteiger partial charge in [0.25, 0.3) is 0 Å². The first-order valence-electron chi connectivity index (χ1n) is 9.36. The summed E-state index contributed by atoms with van der Waals surface area (Å²) in [6.07, 6.45) is 1.62. The van der Waals surface area contributed by atoms with Crippen LogP contribution in [0, 0.1) is 0 Å². The molecule has 1 aliphatic heterocycles. The lowest BCUT2D eigenvalue weighted by molar-refractivity contribution is -0.129. The highest BCUT2D eigenvalue weighted by Crippen LogP contribution is 2.31. The second kappa shape index (κ2) is 9.25. The summed E-state index contributed by atoms with van der Waals surface area (Å²) in [6, 6.07) is 19.8. The van der Waals surface area contributed by atoms with E-state index >= 15 is 0 Å². The molecule has 3 aromatic rings. The van der Waals surface area contributed by atoms with Crippen LogP contribution in [0.3, 0.4) is 0 Å². The molecule has 0 unspecified atom stereocenters. The van der Waals surface area contributed by atoms with Gasteiger partial charge in [0.05, 0.1) is 17.7 Å². The summed E-state index contributed by atoms with van der Waals surface area (Å²) in [6.45, 7) is 0.342. The van der Waals surface area contributed by atoms with E-state index in [0.29, 0.717) is 39.3 Å². The number of hydrogen-bond acceptors (Lipinski definition) is 5. The molecule has 0 saturated carbocycles. The van der Waals surface area contributed by atoms with Gasteiger partial charge >= 0.3 is 5.97 Å². The van der Waals surface area contributed by atoms with Gasteiger partial charge < -0.3 is 14.2 Å². The summed E-state index contributed by atoms with van der Waals surface area (Å²) in [5, 5.41) is 1.10. The van der Waals surface area contributed by atoms with Crippen LogP contribution in [0.15, 0.2) is 77.4 Å². The highest BCUT2D eigenvalue weighted by molar-refractivity contribution is 6.34. The number of halogens is 2. The monoisotopic (exact) mass is 453 g/mol.